The van der Waals surface area contributed by atoms with E-state index in [-0.39, 0.29) is 12.4 Å². The molecule has 1 fully saturated rings. The lowest BCUT2D eigenvalue weighted by Gasteiger charge is -2.27. The van der Waals surface area contributed by atoms with Gasteiger partial charge in [0.1, 0.15) is 34.4 Å². The second kappa shape index (κ2) is 10.5. The highest BCUT2D eigenvalue weighted by Gasteiger charge is 2.50. The molecule has 0 radical (unpaired) electrons. The minimum Gasteiger partial charge on any atom is -0.497 e. The number of hydrogen-bond acceptors (Lipinski definition) is 9. The number of aromatic nitrogens is 4. The van der Waals surface area contributed by atoms with Crippen molar-refractivity contribution in [2.75, 3.05) is 33.2 Å². The molecule has 41 heavy (non-hydrogen) atoms. The summed E-state index contributed by atoms with van der Waals surface area (Å²) in [5, 5.41) is 8.45. The quantitative estimate of drug-likeness (QED) is 0.319. The lowest BCUT2D eigenvalue weighted by Crippen LogP contribution is -2.38. The van der Waals surface area contributed by atoms with E-state index in [1.165, 1.54) is 11.6 Å². The number of rotatable bonds is 7. The van der Waals surface area contributed by atoms with E-state index in [1.807, 2.05) is 12.1 Å². The van der Waals surface area contributed by atoms with Crippen LogP contribution in [0.2, 0.25) is 0 Å². The Balaban J connectivity index is 1.59. The van der Waals surface area contributed by atoms with Crippen molar-refractivity contribution in [1.82, 2.24) is 24.5 Å². The molecule has 1 amide bonds. The zero-order valence-electron chi connectivity index (χ0n) is 23.7. The molecule has 3 heterocycles. The summed E-state index contributed by atoms with van der Waals surface area (Å²) in [6.07, 6.45) is -1.49. The predicted octanol–water partition coefficient (Wildman–Crippen LogP) is 5.23. The fourth-order valence-electron chi connectivity index (χ4n) is 4.77. The Morgan fingerprint density at radius 3 is 2.51 bits per heavy atom. The van der Waals surface area contributed by atoms with Crippen molar-refractivity contribution in [2.45, 2.75) is 51.3 Å². The van der Waals surface area contributed by atoms with Crippen molar-refractivity contribution < 1.29 is 32.5 Å². The molecule has 4 aromatic rings. The Hall–Kier alpha value is -4.42. The van der Waals surface area contributed by atoms with Crippen LogP contribution < -0.4 is 19.5 Å². The second-order valence-electron chi connectivity index (χ2n) is 10.7. The molecule has 0 saturated carbocycles. The summed E-state index contributed by atoms with van der Waals surface area (Å²) in [7, 11) is 4.67. The molecule has 1 atom stereocenters. The molecule has 0 bridgehead atoms. The van der Waals surface area contributed by atoms with Crippen LogP contribution in [-0.2, 0) is 11.3 Å². The molecule has 5 rings (SSSR count). The first-order valence-electron chi connectivity index (χ1n) is 13.0. The predicted molar refractivity (Wildman–Crippen MR) is 147 cm³/mol. The second-order valence-corrected chi connectivity index (χ2v) is 10.7. The molecular formula is C28H32F2N6O5. The van der Waals surface area contributed by atoms with Crippen LogP contribution in [0.3, 0.4) is 0 Å². The number of likely N-dealkylation sites (tertiary alicyclic amines) is 1. The average molecular weight is 571 g/mol. The van der Waals surface area contributed by atoms with Gasteiger partial charge in [0.25, 0.3) is 5.92 Å². The van der Waals surface area contributed by atoms with Gasteiger partial charge in [-0.3, -0.25) is 4.90 Å². The van der Waals surface area contributed by atoms with Crippen LogP contribution in [0.4, 0.5) is 19.5 Å². The van der Waals surface area contributed by atoms with Crippen LogP contribution in [0.1, 0.15) is 44.6 Å². The highest BCUT2D eigenvalue weighted by atomic mass is 19.3. The highest BCUT2D eigenvalue weighted by Crippen LogP contribution is 2.41. The minimum absolute atomic E-state index is 0.0511. The number of amides is 1. The smallest absolute Gasteiger partial charge is 0.411 e. The van der Waals surface area contributed by atoms with E-state index in [0.717, 1.165) is 10.5 Å². The highest BCUT2D eigenvalue weighted by molar-refractivity contribution is 5.96. The van der Waals surface area contributed by atoms with Gasteiger partial charge in [0.15, 0.2) is 11.5 Å². The summed E-state index contributed by atoms with van der Waals surface area (Å²) >= 11 is 0. The van der Waals surface area contributed by atoms with E-state index in [1.54, 1.807) is 59.3 Å². The van der Waals surface area contributed by atoms with Crippen LogP contribution >= 0.6 is 0 Å². The molecule has 2 aromatic carbocycles. The average Bonchev–Trinajstić information content (AvgIpc) is 3.51. The van der Waals surface area contributed by atoms with Crippen molar-refractivity contribution in [3.63, 3.8) is 0 Å². The number of nitrogens with zero attached hydrogens (tertiary/aromatic N) is 5. The number of anilines is 1. The molecule has 1 saturated heterocycles. The molecular weight excluding hydrogens is 538 g/mol. The summed E-state index contributed by atoms with van der Waals surface area (Å²) in [6.45, 7) is 4.53. The van der Waals surface area contributed by atoms with Gasteiger partial charge in [-0.05, 0) is 45.0 Å². The molecule has 0 aliphatic carbocycles. The molecule has 1 N–H and O–H groups in total. The fraction of sp³-hybridized carbons (Fsp3) is 0.429. The molecule has 1 aliphatic rings. The largest absolute Gasteiger partial charge is 0.497 e. The lowest BCUT2D eigenvalue weighted by atomic mass is 10.2. The van der Waals surface area contributed by atoms with Crippen LogP contribution in [0.15, 0.2) is 36.4 Å². The number of carbonyl (C=O) groups is 1. The van der Waals surface area contributed by atoms with Gasteiger partial charge in [-0.25, -0.2) is 23.5 Å². The molecule has 13 heteroatoms. The third-order valence-electron chi connectivity index (χ3n) is 6.63. The van der Waals surface area contributed by atoms with E-state index in [0.29, 0.717) is 39.7 Å². The summed E-state index contributed by atoms with van der Waals surface area (Å²) < 4.78 is 52.5. The third-order valence-corrected chi connectivity index (χ3v) is 6.63. The zero-order chi connectivity index (χ0) is 29.5. The maximum Gasteiger partial charge on any atom is 0.411 e. The number of hydrogen-bond donors (Lipinski definition) is 1. The number of halogens is 2. The number of carbonyl (C=O) groups excluding carboxylic acids is 1. The van der Waals surface area contributed by atoms with E-state index < -0.39 is 36.6 Å². The van der Waals surface area contributed by atoms with Gasteiger partial charge >= 0.3 is 6.09 Å². The maximum atomic E-state index is 14.7. The first-order valence-corrected chi connectivity index (χ1v) is 13.0. The van der Waals surface area contributed by atoms with Crippen LogP contribution in [0.5, 0.6) is 17.2 Å². The van der Waals surface area contributed by atoms with Crippen molar-refractivity contribution in [2.24, 2.45) is 0 Å². The van der Waals surface area contributed by atoms with Gasteiger partial charge in [0.05, 0.1) is 27.9 Å². The van der Waals surface area contributed by atoms with Crippen LogP contribution in [0, 0.1) is 0 Å². The fourth-order valence-corrected chi connectivity index (χ4v) is 4.77. The van der Waals surface area contributed by atoms with Gasteiger partial charge in [0, 0.05) is 30.0 Å². The Morgan fingerprint density at radius 1 is 1.07 bits per heavy atom. The van der Waals surface area contributed by atoms with Crippen molar-refractivity contribution in [3.8, 4) is 17.2 Å². The van der Waals surface area contributed by atoms with Crippen LogP contribution in [-0.4, -0.2) is 70.0 Å². The Labute approximate surface area is 235 Å². The lowest BCUT2D eigenvalue weighted by molar-refractivity contribution is -0.00248. The Kier molecular flexibility index (Phi) is 7.22. The Morgan fingerprint density at radius 2 is 1.83 bits per heavy atom. The minimum atomic E-state index is -3.13. The van der Waals surface area contributed by atoms with Gasteiger partial charge in [-0.2, -0.15) is 4.52 Å². The van der Waals surface area contributed by atoms with Crippen molar-refractivity contribution >= 4 is 28.6 Å². The van der Waals surface area contributed by atoms with Gasteiger partial charge in [-0.15, -0.1) is 5.10 Å². The molecule has 2 aromatic heterocycles. The topological polar surface area (TPSA) is 112 Å². The van der Waals surface area contributed by atoms with E-state index in [2.05, 4.69) is 15.4 Å². The Bertz CT molecular complexity index is 1600. The zero-order valence-corrected chi connectivity index (χ0v) is 23.7. The summed E-state index contributed by atoms with van der Waals surface area (Å²) in [5.41, 5.74) is 0.830. The summed E-state index contributed by atoms with van der Waals surface area (Å²) in [4.78, 5) is 23.3. The normalized spacial score (nSPS) is 16.7. The number of para-hydroxylation sites is 1. The standard InChI is InChI=1S/C28H32F2N6O5/c1-27(2,3)41-26(37)35-15-28(29,30)13-19(35)23-33-24-18-8-7-9-20(39-5)22(18)32-25(36(24)34-23)31-14-16-10-11-17(38-4)12-21(16)40-6/h7-12,19H,13-15H2,1-6H3,(H,31,32)/t19-/m0/s1. The van der Waals surface area contributed by atoms with E-state index >= 15 is 0 Å². The molecule has 11 nitrogen and oxygen atoms in total. The first-order chi connectivity index (χ1) is 19.4. The molecule has 218 valence electrons. The van der Waals surface area contributed by atoms with E-state index in [9.17, 15) is 13.6 Å². The number of methoxy groups -OCH3 is 3. The molecule has 0 spiro atoms. The van der Waals surface area contributed by atoms with E-state index in [4.69, 9.17) is 23.9 Å². The number of nitrogens with one attached hydrogen (secondary N) is 1. The van der Waals surface area contributed by atoms with Crippen LogP contribution in [0.25, 0.3) is 16.6 Å². The number of benzene rings is 2. The van der Waals surface area contributed by atoms with Crippen molar-refractivity contribution in [1.29, 1.82) is 0 Å². The monoisotopic (exact) mass is 570 g/mol. The van der Waals surface area contributed by atoms with Gasteiger partial charge < -0.3 is 24.3 Å². The SMILES string of the molecule is COc1ccc(CNc2nc3c(OC)cccc3c3nc([C@@H]4CC(F)(F)CN4C(=O)OC(C)(C)C)nn23)c(OC)c1. The molecule has 0 unspecified atom stereocenters. The van der Waals surface area contributed by atoms with Crippen molar-refractivity contribution in [3.05, 3.63) is 47.8 Å². The number of fused-ring (bicyclic) bond motifs is 3. The number of alkyl halides is 2. The maximum absolute atomic E-state index is 14.7. The summed E-state index contributed by atoms with van der Waals surface area (Å²) in [6, 6.07) is 9.67. The number of ether oxygens (including phenoxy) is 4. The third kappa shape index (κ3) is 5.61. The van der Waals surface area contributed by atoms with Gasteiger partial charge in [0.2, 0.25) is 5.95 Å². The first kappa shape index (κ1) is 28.1. The summed E-state index contributed by atoms with van der Waals surface area (Å²) in [5.74, 6) is -1.04. The molecule has 1 aliphatic heterocycles. The van der Waals surface area contributed by atoms with Gasteiger partial charge in [-0.1, -0.05) is 6.07 Å².